The summed E-state index contributed by atoms with van der Waals surface area (Å²) >= 11 is 0. The molecule has 0 aromatic carbocycles. The first-order valence-corrected chi connectivity index (χ1v) is 7.99. The average molecular weight is 288 g/mol. The summed E-state index contributed by atoms with van der Waals surface area (Å²) in [6.45, 7) is 7.68. The first-order chi connectivity index (χ1) is 10.3. The standard InChI is InChI=1S/C16H24N4O/c1-2-17-15-5-3-4-14(18-15)16(21)20-10-8-19(9-11-20)12-13-6-7-13/h3-5,13H,2,6-12H2,1H3,(H,17,18). The van der Waals surface area contributed by atoms with Crippen LogP contribution < -0.4 is 5.32 Å². The Morgan fingerprint density at radius 3 is 2.71 bits per heavy atom. The molecule has 21 heavy (non-hydrogen) atoms. The summed E-state index contributed by atoms with van der Waals surface area (Å²) < 4.78 is 0. The Morgan fingerprint density at radius 2 is 2.05 bits per heavy atom. The van der Waals surface area contributed by atoms with Gasteiger partial charge in [0.15, 0.2) is 0 Å². The van der Waals surface area contributed by atoms with Crippen LogP contribution >= 0.6 is 0 Å². The molecule has 2 heterocycles. The van der Waals surface area contributed by atoms with Gasteiger partial charge >= 0.3 is 0 Å². The molecule has 1 aromatic heterocycles. The second-order valence-corrected chi connectivity index (χ2v) is 5.97. The zero-order valence-electron chi connectivity index (χ0n) is 12.7. The Labute approximate surface area is 126 Å². The van der Waals surface area contributed by atoms with Gasteiger partial charge < -0.3 is 10.2 Å². The number of pyridine rings is 1. The minimum atomic E-state index is 0.0563. The van der Waals surface area contributed by atoms with Crippen LogP contribution in [0.1, 0.15) is 30.3 Å². The molecular weight excluding hydrogens is 264 g/mol. The van der Waals surface area contributed by atoms with Gasteiger partial charge in [0.1, 0.15) is 11.5 Å². The minimum Gasteiger partial charge on any atom is -0.370 e. The number of aromatic nitrogens is 1. The molecule has 2 fully saturated rings. The van der Waals surface area contributed by atoms with E-state index in [0.29, 0.717) is 5.69 Å². The van der Waals surface area contributed by atoms with Gasteiger partial charge in [0.2, 0.25) is 0 Å². The number of nitrogens with zero attached hydrogens (tertiary/aromatic N) is 3. The number of carbonyl (C=O) groups is 1. The molecular formula is C16H24N4O. The molecule has 1 saturated heterocycles. The van der Waals surface area contributed by atoms with E-state index in [2.05, 4.69) is 15.2 Å². The van der Waals surface area contributed by atoms with Crippen LogP contribution in [0.5, 0.6) is 0 Å². The fourth-order valence-corrected chi connectivity index (χ4v) is 2.79. The SMILES string of the molecule is CCNc1cccc(C(=O)N2CCN(CC3CC3)CC2)n1. The van der Waals surface area contributed by atoms with Gasteiger partial charge in [-0.3, -0.25) is 9.69 Å². The van der Waals surface area contributed by atoms with Crippen LogP contribution in [0, 0.1) is 5.92 Å². The molecule has 0 radical (unpaired) electrons. The van der Waals surface area contributed by atoms with Crippen molar-refractivity contribution in [1.82, 2.24) is 14.8 Å². The summed E-state index contributed by atoms with van der Waals surface area (Å²) in [4.78, 5) is 21.3. The largest absolute Gasteiger partial charge is 0.370 e. The predicted molar refractivity (Wildman–Crippen MR) is 83.5 cm³/mol. The highest BCUT2D eigenvalue weighted by Crippen LogP contribution is 2.29. The normalized spacial score (nSPS) is 19.6. The van der Waals surface area contributed by atoms with E-state index >= 15 is 0 Å². The summed E-state index contributed by atoms with van der Waals surface area (Å²) in [5.74, 6) is 1.75. The molecule has 1 aromatic rings. The molecule has 0 spiro atoms. The summed E-state index contributed by atoms with van der Waals surface area (Å²) in [6.07, 6.45) is 2.78. The van der Waals surface area contributed by atoms with Crippen molar-refractivity contribution >= 4 is 11.7 Å². The first-order valence-electron chi connectivity index (χ1n) is 7.99. The summed E-state index contributed by atoms with van der Waals surface area (Å²) in [6, 6.07) is 5.59. The lowest BCUT2D eigenvalue weighted by Gasteiger charge is -2.34. The van der Waals surface area contributed by atoms with Gasteiger partial charge in [-0.1, -0.05) is 6.07 Å². The van der Waals surface area contributed by atoms with E-state index in [4.69, 9.17) is 0 Å². The van der Waals surface area contributed by atoms with E-state index in [1.165, 1.54) is 19.4 Å². The molecule has 2 aliphatic rings. The number of piperazine rings is 1. The monoisotopic (exact) mass is 288 g/mol. The molecule has 1 saturated carbocycles. The molecule has 5 heteroatoms. The fourth-order valence-electron chi connectivity index (χ4n) is 2.79. The van der Waals surface area contributed by atoms with Gasteiger partial charge in [0.05, 0.1) is 0 Å². The maximum atomic E-state index is 12.5. The molecule has 114 valence electrons. The van der Waals surface area contributed by atoms with E-state index < -0.39 is 0 Å². The number of carbonyl (C=O) groups excluding carboxylic acids is 1. The van der Waals surface area contributed by atoms with Crippen molar-refractivity contribution in [2.75, 3.05) is 44.6 Å². The number of anilines is 1. The quantitative estimate of drug-likeness (QED) is 0.895. The molecule has 0 atom stereocenters. The van der Waals surface area contributed by atoms with Gasteiger partial charge in [-0.05, 0) is 37.8 Å². The zero-order chi connectivity index (χ0) is 14.7. The number of amides is 1. The van der Waals surface area contributed by atoms with Crippen LogP contribution in [0.2, 0.25) is 0 Å². The Kier molecular flexibility index (Phi) is 4.39. The molecule has 1 aliphatic heterocycles. The Morgan fingerprint density at radius 1 is 1.29 bits per heavy atom. The van der Waals surface area contributed by atoms with Crippen LogP contribution in [0.15, 0.2) is 18.2 Å². The van der Waals surface area contributed by atoms with E-state index in [1.807, 2.05) is 24.0 Å². The molecule has 1 N–H and O–H groups in total. The van der Waals surface area contributed by atoms with E-state index in [-0.39, 0.29) is 5.91 Å². The lowest BCUT2D eigenvalue weighted by molar-refractivity contribution is 0.0626. The molecule has 0 unspecified atom stereocenters. The van der Waals surface area contributed by atoms with Crippen LogP contribution in [0.25, 0.3) is 0 Å². The van der Waals surface area contributed by atoms with Crippen LogP contribution in [-0.4, -0.2) is 60.0 Å². The summed E-state index contributed by atoms with van der Waals surface area (Å²) in [7, 11) is 0. The van der Waals surface area contributed by atoms with Crippen molar-refractivity contribution in [1.29, 1.82) is 0 Å². The topological polar surface area (TPSA) is 48.5 Å². The Balaban J connectivity index is 1.56. The molecule has 3 rings (SSSR count). The third kappa shape index (κ3) is 3.73. The fraction of sp³-hybridized carbons (Fsp3) is 0.625. The number of hydrogen-bond donors (Lipinski definition) is 1. The van der Waals surface area contributed by atoms with Crippen molar-refractivity contribution in [3.63, 3.8) is 0 Å². The summed E-state index contributed by atoms with van der Waals surface area (Å²) in [5, 5.41) is 3.15. The second-order valence-electron chi connectivity index (χ2n) is 5.97. The van der Waals surface area contributed by atoms with Crippen LogP contribution in [0.3, 0.4) is 0 Å². The van der Waals surface area contributed by atoms with Crippen molar-refractivity contribution in [2.45, 2.75) is 19.8 Å². The highest BCUT2D eigenvalue weighted by atomic mass is 16.2. The maximum Gasteiger partial charge on any atom is 0.272 e. The Hall–Kier alpha value is -1.62. The minimum absolute atomic E-state index is 0.0563. The van der Waals surface area contributed by atoms with Gasteiger partial charge in [-0.15, -0.1) is 0 Å². The lowest BCUT2D eigenvalue weighted by Crippen LogP contribution is -2.49. The number of hydrogen-bond acceptors (Lipinski definition) is 4. The maximum absolute atomic E-state index is 12.5. The van der Waals surface area contributed by atoms with E-state index in [0.717, 1.165) is 44.5 Å². The number of rotatable bonds is 5. The number of nitrogens with one attached hydrogen (secondary N) is 1. The van der Waals surface area contributed by atoms with E-state index in [1.54, 1.807) is 6.07 Å². The molecule has 5 nitrogen and oxygen atoms in total. The zero-order valence-corrected chi connectivity index (χ0v) is 12.7. The summed E-state index contributed by atoms with van der Waals surface area (Å²) in [5.41, 5.74) is 0.545. The first kappa shape index (κ1) is 14.3. The van der Waals surface area contributed by atoms with Gasteiger partial charge in [-0.25, -0.2) is 4.98 Å². The average Bonchev–Trinajstić information content (AvgIpc) is 3.32. The van der Waals surface area contributed by atoms with Gasteiger partial charge in [0.25, 0.3) is 5.91 Å². The highest BCUT2D eigenvalue weighted by molar-refractivity contribution is 5.92. The Bertz CT molecular complexity index is 493. The smallest absolute Gasteiger partial charge is 0.272 e. The van der Waals surface area contributed by atoms with Crippen molar-refractivity contribution in [3.8, 4) is 0 Å². The predicted octanol–water partition coefficient (Wildman–Crippen LogP) is 1.68. The van der Waals surface area contributed by atoms with Gasteiger partial charge in [-0.2, -0.15) is 0 Å². The molecule has 1 aliphatic carbocycles. The lowest BCUT2D eigenvalue weighted by atomic mass is 10.2. The second kappa shape index (κ2) is 6.43. The molecule has 0 bridgehead atoms. The van der Waals surface area contributed by atoms with Gasteiger partial charge in [0, 0.05) is 39.3 Å². The van der Waals surface area contributed by atoms with Crippen LogP contribution in [-0.2, 0) is 0 Å². The van der Waals surface area contributed by atoms with Crippen LogP contribution in [0.4, 0.5) is 5.82 Å². The highest BCUT2D eigenvalue weighted by Gasteiger charge is 2.28. The third-order valence-corrected chi connectivity index (χ3v) is 4.20. The van der Waals surface area contributed by atoms with Crippen molar-refractivity contribution < 1.29 is 4.79 Å². The van der Waals surface area contributed by atoms with Crippen molar-refractivity contribution in [3.05, 3.63) is 23.9 Å². The van der Waals surface area contributed by atoms with E-state index in [9.17, 15) is 4.79 Å². The molecule has 1 amide bonds. The third-order valence-electron chi connectivity index (χ3n) is 4.20. The van der Waals surface area contributed by atoms with Crippen molar-refractivity contribution in [2.24, 2.45) is 5.92 Å².